The summed E-state index contributed by atoms with van der Waals surface area (Å²) >= 11 is 0. The second-order valence-corrected chi connectivity index (χ2v) is 5.91. The molecule has 3 heteroatoms. The third kappa shape index (κ3) is 4.31. The molecule has 0 saturated carbocycles. The average Bonchev–Trinajstić information content (AvgIpc) is 3.03. The zero-order chi connectivity index (χ0) is 15.1. The van der Waals surface area contributed by atoms with E-state index in [1.807, 2.05) is 18.2 Å². The lowest BCUT2D eigenvalue weighted by Gasteiger charge is -2.26. The van der Waals surface area contributed by atoms with E-state index < -0.39 is 0 Å². The van der Waals surface area contributed by atoms with Crippen LogP contribution in [0.5, 0.6) is 0 Å². The maximum atomic E-state index is 12.9. The molecule has 1 N–H and O–H groups in total. The van der Waals surface area contributed by atoms with Gasteiger partial charge in [-0.2, -0.15) is 0 Å². The fourth-order valence-corrected chi connectivity index (χ4v) is 3.01. The van der Waals surface area contributed by atoms with Crippen LogP contribution in [0.4, 0.5) is 0 Å². The van der Waals surface area contributed by atoms with Gasteiger partial charge in [-0.3, -0.25) is 4.79 Å². The minimum Gasteiger partial charge on any atom is -0.337 e. The molecule has 0 aromatic heterocycles. The summed E-state index contributed by atoms with van der Waals surface area (Å²) in [6.45, 7) is 7.09. The molecule has 1 atom stereocenters. The lowest BCUT2D eigenvalue weighted by atomic mass is 10.0. The topological polar surface area (TPSA) is 32.3 Å². The van der Waals surface area contributed by atoms with E-state index in [0.29, 0.717) is 6.04 Å². The van der Waals surface area contributed by atoms with Crippen LogP contribution in [0.1, 0.15) is 55.5 Å². The van der Waals surface area contributed by atoms with E-state index in [9.17, 15) is 4.79 Å². The van der Waals surface area contributed by atoms with Crippen molar-refractivity contribution >= 4 is 5.91 Å². The molecule has 21 heavy (non-hydrogen) atoms. The maximum Gasteiger partial charge on any atom is 0.254 e. The highest BCUT2D eigenvalue weighted by Crippen LogP contribution is 2.15. The molecular formula is C18H28N2O. The molecule has 1 saturated heterocycles. The van der Waals surface area contributed by atoms with Crippen molar-refractivity contribution in [3.63, 3.8) is 0 Å². The molecule has 0 radical (unpaired) electrons. The van der Waals surface area contributed by atoms with Crippen LogP contribution in [0.25, 0.3) is 0 Å². The SMILES string of the molecule is CCCCN(CC1CCCN1)C(=O)c1ccccc1CC. The number of rotatable bonds is 7. The number of amides is 1. The van der Waals surface area contributed by atoms with Crippen LogP contribution in [0.3, 0.4) is 0 Å². The van der Waals surface area contributed by atoms with Crippen molar-refractivity contribution in [1.82, 2.24) is 10.2 Å². The minimum atomic E-state index is 0.203. The van der Waals surface area contributed by atoms with E-state index in [1.54, 1.807) is 0 Å². The van der Waals surface area contributed by atoms with Crippen LogP contribution in [-0.4, -0.2) is 36.5 Å². The van der Waals surface area contributed by atoms with E-state index in [-0.39, 0.29) is 5.91 Å². The first-order valence-corrected chi connectivity index (χ1v) is 8.36. The van der Waals surface area contributed by atoms with Crippen molar-refractivity contribution in [3.8, 4) is 0 Å². The van der Waals surface area contributed by atoms with Gasteiger partial charge in [-0.1, -0.05) is 38.5 Å². The number of carbonyl (C=O) groups is 1. The monoisotopic (exact) mass is 288 g/mol. The van der Waals surface area contributed by atoms with Crippen LogP contribution < -0.4 is 5.32 Å². The third-order valence-corrected chi connectivity index (χ3v) is 4.30. The summed E-state index contributed by atoms with van der Waals surface area (Å²) in [5, 5.41) is 3.50. The molecule has 1 unspecified atom stereocenters. The highest BCUT2D eigenvalue weighted by Gasteiger charge is 2.23. The molecular weight excluding hydrogens is 260 g/mol. The van der Waals surface area contributed by atoms with Crippen molar-refractivity contribution in [2.24, 2.45) is 0 Å². The number of nitrogens with zero attached hydrogens (tertiary/aromatic N) is 1. The summed E-state index contributed by atoms with van der Waals surface area (Å²) in [5.74, 6) is 0.203. The zero-order valence-corrected chi connectivity index (χ0v) is 13.4. The van der Waals surface area contributed by atoms with E-state index >= 15 is 0 Å². The number of unbranched alkanes of at least 4 members (excludes halogenated alkanes) is 1. The zero-order valence-electron chi connectivity index (χ0n) is 13.4. The first-order chi connectivity index (χ1) is 10.3. The second-order valence-electron chi connectivity index (χ2n) is 5.91. The average molecular weight is 288 g/mol. The van der Waals surface area contributed by atoms with Crippen molar-refractivity contribution in [3.05, 3.63) is 35.4 Å². The number of benzene rings is 1. The summed E-state index contributed by atoms with van der Waals surface area (Å²) in [5.41, 5.74) is 2.04. The van der Waals surface area contributed by atoms with E-state index in [2.05, 4.69) is 30.1 Å². The first-order valence-electron chi connectivity index (χ1n) is 8.36. The molecule has 1 aromatic carbocycles. The van der Waals surface area contributed by atoms with Crippen molar-refractivity contribution < 1.29 is 4.79 Å². The number of hydrogen-bond acceptors (Lipinski definition) is 2. The Labute approximate surface area is 128 Å². The van der Waals surface area contributed by atoms with Gasteiger partial charge >= 0.3 is 0 Å². The normalized spacial score (nSPS) is 17.9. The summed E-state index contributed by atoms with van der Waals surface area (Å²) in [6, 6.07) is 8.50. The molecule has 1 aliphatic heterocycles. The van der Waals surface area contributed by atoms with Crippen LogP contribution in [0.15, 0.2) is 24.3 Å². The standard InChI is InChI=1S/C18H28N2O/c1-3-5-13-20(14-16-10-8-12-19-16)18(21)17-11-7-6-9-15(17)4-2/h6-7,9,11,16,19H,3-5,8,10,12-14H2,1-2H3. The second kappa shape index (κ2) is 8.18. The molecule has 1 heterocycles. The predicted octanol–water partition coefficient (Wildman–Crippen LogP) is 3.24. The molecule has 1 fully saturated rings. The van der Waals surface area contributed by atoms with Gasteiger partial charge in [0, 0.05) is 24.7 Å². The first kappa shape index (κ1) is 16.0. The van der Waals surface area contributed by atoms with Gasteiger partial charge < -0.3 is 10.2 Å². The van der Waals surface area contributed by atoms with Crippen molar-refractivity contribution in [2.75, 3.05) is 19.6 Å². The van der Waals surface area contributed by atoms with Gasteiger partial charge in [0.2, 0.25) is 0 Å². The Bertz CT molecular complexity index is 452. The van der Waals surface area contributed by atoms with Crippen LogP contribution in [0, 0.1) is 0 Å². The highest BCUT2D eigenvalue weighted by molar-refractivity contribution is 5.95. The summed E-state index contributed by atoms with van der Waals surface area (Å²) < 4.78 is 0. The fourth-order valence-electron chi connectivity index (χ4n) is 3.01. The molecule has 1 aliphatic rings. The van der Waals surface area contributed by atoms with Gasteiger partial charge in [0.05, 0.1) is 0 Å². The molecule has 1 amide bonds. The molecule has 0 aliphatic carbocycles. The van der Waals surface area contributed by atoms with Gasteiger partial charge in [0.15, 0.2) is 0 Å². The Hall–Kier alpha value is -1.35. The Morgan fingerprint density at radius 3 is 2.81 bits per heavy atom. The Kier molecular flexibility index (Phi) is 6.24. The van der Waals surface area contributed by atoms with E-state index in [0.717, 1.165) is 50.0 Å². The summed E-state index contributed by atoms with van der Waals surface area (Å²) in [4.78, 5) is 15.0. The van der Waals surface area contributed by atoms with Gasteiger partial charge in [-0.05, 0) is 43.9 Å². The number of carbonyl (C=O) groups excluding carboxylic acids is 1. The van der Waals surface area contributed by atoms with Crippen molar-refractivity contribution in [1.29, 1.82) is 0 Å². The summed E-state index contributed by atoms with van der Waals surface area (Å²) in [6.07, 6.45) is 5.52. The Morgan fingerprint density at radius 1 is 1.33 bits per heavy atom. The molecule has 0 bridgehead atoms. The fraction of sp³-hybridized carbons (Fsp3) is 0.611. The lowest BCUT2D eigenvalue weighted by molar-refractivity contribution is 0.0738. The molecule has 1 aromatic rings. The van der Waals surface area contributed by atoms with Crippen molar-refractivity contribution in [2.45, 2.75) is 52.0 Å². The maximum absolute atomic E-state index is 12.9. The lowest BCUT2D eigenvalue weighted by Crippen LogP contribution is -2.41. The minimum absolute atomic E-state index is 0.203. The quantitative estimate of drug-likeness (QED) is 0.835. The Morgan fingerprint density at radius 2 is 2.14 bits per heavy atom. The number of hydrogen-bond donors (Lipinski definition) is 1. The van der Waals surface area contributed by atoms with E-state index in [1.165, 1.54) is 12.8 Å². The largest absolute Gasteiger partial charge is 0.337 e. The number of nitrogens with one attached hydrogen (secondary N) is 1. The van der Waals surface area contributed by atoms with Gasteiger partial charge in [-0.15, -0.1) is 0 Å². The smallest absolute Gasteiger partial charge is 0.254 e. The van der Waals surface area contributed by atoms with Gasteiger partial charge in [0.1, 0.15) is 0 Å². The molecule has 116 valence electrons. The van der Waals surface area contributed by atoms with Crippen LogP contribution in [-0.2, 0) is 6.42 Å². The number of aryl methyl sites for hydroxylation is 1. The highest BCUT2D eigenvalue weighted by atomic mass is 16.2. The van der Waals surface area contributed by atoms with Gasteiger partial charge in [0.25, 0.3) is 5.91 Å². The molecule has 2 rings (SSSR count). The molecule has 0 spiro atoms. The van der Waals surface area contributed by atoms with Gasteiger partial charge in [-0.25, -0.2) is 0 Å². The van der Waals surface area contributed by atoms with Crippen LogP contribution >= 0.6 is 0 Å². The third-order valence-electron chi connectivity index (χ3n) is 4.30. The van der Waals surface area contributed by atoms with Crippen LogP contribution in [0.2, 0.25) is 0 Å². The predicted molar refractivity (Wildman–Crippen MR) is 87.7 cm³/mol. The molecule has 3 nitrogen and oxygen atoms in total. The Balaban J connectivity index is 2.11. The van der Waals surface area contributed by atoms with E-state index in [4.69, 9.17) is 0 Å². The summed E-state index contributed by atoms with van der Waals surface area (Å²) in [7, 11) is 0.